The molecule has 0 aliphatic carbocycles. The van der Waals surface area contributed by atoms with Gasteiger partial charge in [-0.1, -0.05) is 23.9 Å². The largest absolute Gasteiger partial charge is 0.372 e. The second kappa shape index (κ2) is 9.34. The number of benzene rings is 2. The fourth-order valence-corrected chi connectivity index (χ4v) is 4.53. The molecule has 1 aliphatic heterocycles. The van der Waals surface area contributed by atoms with E-state index in [9.17, 15) is 4.79 Å². The third-order valence-corrected chi connectivity index (χ3v) is 6.19. The number of hydrogen-bond donors (Lipinski definition) is 1. The lowest BCUT2D eigenvalue weighted by Gasteiger charge is -2.28. The Bertz CT molecular complexity index is 1010. The minimum Gasteiger partial charge on any atom is -0.372 e. The maximum atomic E-state index is 12.5. The summed E-state index contributed by atoms with van der Waals surface area (Å²) in [5.41, 5.74) is 4.22. The highest BCUT2D eigenvalue weighted by Crippen LogP contribution is 2.24. The summed E-state index contributed by atoms with van der Waals surface area (Å²) in [5, 5.41) is 12.1. The van der Waals surface area contributed by atoms with Gasteiger partial charge in [-0.05, 0) is 75.1 Å². The number of carbonyl (C=O) groups is 1. The number of anilines is 2. The molecule has 0 bridgehead atoms. The molecule has 3 aromatic rings. The summed E-state index contributed by atoms with van der Waals surface area (Å²) in [4.78, 5) is 14.9. The first kappa shape index (κ1) is 20.5. The average Bonchev–Trinajstić information content (AvgIpc) is 3.14. The molecule has 30 heavy (non-hydrogen) atoms. The summed E-state index contributed by atoms with van der Waals surface area (Å²) < 4.78 is 1.98. The summed E-state index contributed by atoms with van der Waals surface area (Å²) >= 11 is 1.39. The molecule has 1 fully saturated rings. The molecule has 156 valence electrons. The van der Waals surface area contributed by atoms with Crippen molar-refractivity contribution in [3.8, 4) is 5.69 Å². The fourth-order valence-electron chi connectivity index (χ4n) is 3.74. The van der Waals surface area contributed by atoms with Crippen molar-refractivity contribution < 1.29 is 4.79 Å². The Kier molecular flexibility index (Phi) is 6.38. The van der Waals surface area contributed by atoms with Crippen LogP contribution in [0.5, 0.6) is 0 Å². The molecule has 7 heteroatoms. The maximum absolute atomic E-state index is 12.5. The second-order valence-electron chi connectivity index (χ2n) is 7.64. The number of rotatable bonds is 6. The molecular formula is C23H27N5OS. The lowest BCUT2D eigenvalue weighted by molar-refractivity contribution is -0.113. The first-order chi connectivity index (χ1) is 14.6. The Labute approximate surface area is 181 Å². The van der Waals surface area contributed by atoms with Crippen LogP contribution in [0.1, 0.15) is 30.7 Å². The van der Waals surface area contributed by atoms with Crippen LogP contribution in [0.4, 0.5) is 11.4 Å². The van der Waals surface area contributed by atoms with E-state index in [4.69, 9.17) is 0 Å². The molecule has 4 rings (SSSR count). The summed E-state index contributed by atoms with van der Waals surface area (Å²) in [6.45, 7) is 6.20. The minimum atomic E-state index is -0.0535. The van der Waals surface area contributed by atoms with Gasteiger partial charge in [0, 0.05) is 30.2 Å². The van der Waals surface area contributed by atoms with E-state index in [2.05, 4.69) is 51.6 Å². The highest BCUT2D eigenvalue weighted by molar-refractivity contribution is 7.99. The number of thioether (sulfide) groups is 1. The topological polar surface area (TPSA) is 63.1 Å². The zero-order valence-corrected chi connectivity index (χ0v) is 18.3. The van der Waals surface area contributed by atoms with Gasteiger partial charge in [-0.25, -0.2) is 0 Å². The molecule has 0 saturated carbocycles. The van der Waals surface area contributed by atoms with Gasteiger partial charge in [0.1, 0.15) is 5.82 Å². The monoisotopic (exact) mass is 421 g/mol. The van der Waals surface area contributed by atoms with Crippen molar-refractivity contribution in [2.75, 3.05) is 29.1 Å². The third kappa shape index (κ3) is 4.84. The van der Waals surface area contributed by atoms with Crippen LogP contribution >= 0.6 is 11.8 Å². The summed E-state index contributed by atoms with van der Waals surface area (Å²) in [6.07, 6.45) is 3.82. The minimum absolute atomic E-state index is 0.0535. The lowest BCUT2D eigenvalue weighted by Crippen LogP contribution is -2.29. The quantitative estimate of drug-likeness (QED) is 0.589. The van der Waals surface area contributed by atoms with E-state index in [1.165, 1.54) is 42.3 Å². The average molecular weight is 422 g/mol. The van der Waals surface area contributed by atoms with E-state index in [1.807, 2.05) is 35.8 Å². The molecule has 1 aromatic heterocycles. The number of aromatic nitrogens is 3. The van der Waals surface area contributed by atoms with Crippen LogP contribution in [0.15, 0.2) is 53.7 Å². The number of aryl methyl sites for hydroxylation is 2. The Morgan fingerprint density at radius 1 is 1.00 bits per heavy atom. The van der Waals surface area contributed by atoms with Gasteiger partial charge in [0.15, 0.2) is 5.16 Å². The molecule has 6 nitrogen and oxygen atoms in total. The van der Waals surface area contributed by atoms with Gasteiger partial charge in [0.25, 0.3) is 0 Å². The van der Waals surface area contributed by atoms with E-state index in [-0.39, 0.29) is 11.7 Å². The molecule has 2 heterocycles. The van der Waals surface area contributed by atoms with E-state index >= 15 is 0 Å². The molecule has 0 radical (unpaired) electrons. The van der Waals surface area contributed by atoms with Crippen molar-refractivity contribution in [3.63, 3.8) is 0 Å². The second-order valence-corrected chi connectivity index (χ2v) is 8.58. The van der Waals surface area contributed by atoms with Crippen LogP contribution < -0.4 is 10.2 Å². The summed E-state index contributed by atoms with van der Waals surface area (Å²) in [7, 11) is 0. The van der Waals surface area contributed by atoms with Crippen LogP contribution in [-0.2, 0) is 4.79 Å². The molecule has 2 aromatic carbocycles. The van der Waals surface area contributed by atoms with Crippen LogP contribution in [0.25, 0.3) is 5.69 Å². The number of carbonyl (C=O) groups excluding carboxylic acids is 1. The zero-order valence-electron chi connectivity index (χ0n) is 17.5. The smallest absolute Gasteiger partial charge is 0.234 e. The van der Waals surface area contributed by atoms with Gasteiger partial charge in [0.05, 0.1) is 5.75 Å². The zero-order chi connectivity index (χ0) is 20.9. The van der Waals surface area contributed by atoms with Crippen molar-refractivity contribution in [1.82, 2.24) is 14.8 Å². The van der Waals surface area contributed by atoms with Gasteiger partial charge >= 0.3 is 0 Å². The van der Waals surface area contributed by atoms with E-state index in [1.54, 1.807) is 0 Å². The normalized spacial score (nSPS) is 14.0. The summed E-state index contributed by atoms with van der Waals surface area (Å²) in [5.74, 6) is 1.02. The standard InChI is InChI=1S/C23H27N5OS/c1-17-7-6-8-21(15-17)28-18(2)25-26-23(28)30-16-22(29)24-19-9-11-20(12-10-19)27-13-4-3-5-14-27/h6-12,15H,3-5,13-14,16H2,1-2H3,(H,24,29). The van der Waals surface area contributed by atoms with Crippen molar-refractivity contribution >= 4 is 29.0 Å². The number of nitrogens with zero attached hydrogens (tertiary/aromatic N) is 4. The first-order valence-corrected chi connectivity index (χ1v) is 11.4. The third-order valence-electron chi connectivity index (χ3n) is 5.26. The van der Waals surface area contributed by atoms with Crippen LogP contribution in [0.2, 0.25) is 0 Å². The Balaban J connectivity index is 1.36. The van der Waals surface area contributed by atoms with Gasteiger partial charge in [0.2, 0.25) is 5.91 Å². The van der Waals surface area contributed by atoms with Crippen molar-refractivity contribution in [3.05, 3.63) is 59.9 Å². The number of piperidine rings is 1. The molecule has 0 unspecified atom stereocenters. The molecule has 0 spiro atoms. The number of nitrogens with one attached hydrogen (secondary N) is 1. The van der Waals surface area contributed by atoms with E-state index in [0.717, 1.165) is 30.3 Å². The molecule has 1 aliphatic rings. The molecule has 1 N–H and O–H groups in total. The molecule has 0 atom stereocenters. The Morgan fingerprint density at radius 3 is 2.50 bits per heavy atom. The van der Waals surface area contributed by atoms with Crippen LogP contribution in [-0.4, -0.2) is 39.5 Å². The van der Waals surface area contributed by atoms with Crippen molar-refractivity contribution in [1.29, 1.82) is 0 Å². The fraction of sp³-hybridized carbons (Fsp3) is 0.348. The first-order valence-electron chi connectivity index (χ1n) is 10.4. The Morgan fingerprint density at radius 2 is 1.77 bits per heavy atom. The van der Waals surface area contributed by atoms with Crippen LogP contribution in [0.3, 0.4) is 0 Å². The van der Waals surface area contributed by atoms with E-state index in [0.29, 0.717) is 5.16 Å². The van der Waals surface area contributed by atoms with Gasteiger partial charge in [-0.3, -0.25) is 9.36 Å². The molecule has 1 saturated heterocycles. The molecule has 1 amide bonds. The highest BCUT2D eigenvalue weighted by atomic mass is 32.2. The van der Waals surface area contributed by atoms with Crippen LogP contribution in [0, 0.1) is 13.8 Å². The maximum Gasteiger partial charge on any atom is 0.234 e. The van der Waals surface area contributed by atoms with Gasteiger partial charge < -0.3 is 10.2 Å². The number of hydrogen-bond acceptors (Lipinski definition) is 5. The highest BCUT2D eigenvalue weighted by Gasteiger charge is 2.14. The Hall–Kier alpha value is -2.80. The SMILES string of the molecule is Cc1cccc(-n2c(C)nnc2SCC(=O)Nc2ccc(N3CCCCC3)cc2)c1. The van der Waals surface area contributed by atoms with Crippen molar-refractivity contribution in [2.24, 2.45) is 0 Å². The van der Waals surface area contributed by atoms with E-state index < -0.39 is 0 Å². The predicted octanol–water partition coefficient (Wildman–Crippen LogP) is 4.61. The summed E-state index contributed by atoms with van der Waals surface area (Å²) in [6, 6.07) is 16.3. The van der Waals surface area contributed by atoms with Gasteiger partial charge in [-0.15, -0.1) is 10.2 Å². The number of amides is 1. The van der Waals surface area contributed by atoms with Crippen molar-refractivity contribution in [2.45, 2.75) is 38.3 Å². The predicted molar refractivity (Wildman–Crippen MR) is 123 cm³/mol. The van der Waals surface area contributed by atoms with Gasteiger partial charge in [-0.2, -0.15) is 0 Å². The molecular weight excluding hydrogens is 394 g/mol. The lowest BCUT2D eigenvalue weighted by atomic mass is 10.1.